The molecule has 0 spiro atoms. The molecule has 3 heteroatoms. The fourth-order valence-corrected chi connectivity index (χ4v) is 3.80. The first-order valence-corrected chi connectivity index (χ1v) is 7.50. The third-order valence-corrected chi connectivity index (χ3v) is 5.16. The maximum atomic E-state index is 4.84. The number of hydrogen-bond donors (Lipinski definition) is 0. The standard InChI is InChI=1S/C14H14BrNS/c1-8-7-11(8)14-16-13(9(2)17-14)10-5-3-4-6-12(10)15/h3-6,8,11H,7H2,1-2H3. The van der Waals surface area contributed by atoms with Crippen molar-refractivity contribution in [3.05, 3.63) is 38.6 Å². The molecule has 1 aliphatic carbocycles. The highest BCUT2D eigenvalue weighted by Crippen LogP contribution is 2.49. The monoisotopic (exact) mass is 307 g/mol. The average Bonchev–Trinajstić information content (AvgIpc) is 2.90. The maximum absolute atomic E-state index is 4.84. The fourth-order valence-electron chi connectivity index (χ4n) is 2.14. The van der Waals surface area contributed by atoms with Crippen LogP contribution in [0.1, 0.15) is 29.1 Å². The van der Waals surface area contributed by atoms with Gasteiger partial charge in [0.15, 0.2) is 0 Å². The fraction of sp³-hybridized carbons (Fsp3) is 0.357. The highest BCUT2D eigenvalue weighted by atomic mass is 79.9. The second-order valence-electron chi connectivity index (χ2n) is 4.76. The third-order valence-electron chi connectivity index (χ3n) is 3.37. The predicted octanol–water partition coefficient (Wildman–Crippen LogP) is 5.00. The SMILES string of the molecule is Cc1sc(C2CC2C)nc1-c1ccccc1Br. The van der Waals surface area contributed by atoms with Gasteiger partial charge in [-0.1, -0.05) is 41.1 Å². The van der Waals surface area contributed by atoms with E-state index in [-0.39, 0.29) is 0 Å². The molecule has 17 heavy (non-hydrogen) atoms. The van der Waals surface area contributed by atoms with Gasteiger partial charge < -0.3 is 0 Å². The van der Waals surface area contributed by atoms with E-state index in [4.69, 9.17) is 4.98 Å². The summed E-state index contributed by atoms with van der Waals surface area (Å²) in [7, 11) is 0. The zero-order valence-electron chi connectivity index (χ0n) is 9.90. The van der Waals surface area contributed by atoms with Gasteiger partial charge >= 0.3 is 0 Å². The summed E-state index contributed by atoms with van der Waals surface area (Å²) in [6.07, 6.45) is 1.31. The Morgan fingerprint density at radius 1 is 1.35 bits per heavy atom. The molecule has 0 aliphatic heterocycles. The minimum Gasteiger partial charge on any atom is -0.241 e. The summed E-state index contributed by atoms with van der Waals surface area (Å²) >= 11 is 5.47. The highest BCUT2D eigenvalue weighted by Gasteiger charge is 2.37. The molecule has 1 nitrogen and oxygen atoms in total. The van der Waals surface area contributed by atoms with Gasteiger partial charge in [0.1, 0.15) is 0 Å². The van der Waals surface area contributed by atoms with E-state index in [1.54, 1.807) is 0 Å². The van der Waals surface area contributed by atoms with Crippen LogP contribution in [0.3, 0.4) is 0 Å². The molecular formula is C14H14BrNS. The van der Waals surface area contributed by atoms with Gasteiger partial charge in [-0.25, -0.2) is 4.98 Å². The van der Waals surface area contributed by atoms with Crippen LogP contribution in [0.2, 0.25) is 0 Å². The summed E-state index contributed by atoms with van der Waals surface area (Å²) in [6, 6.07) is 8.32. The molecule has 0 N–H and O–H groups in total. The van der Waals surface area contributed by atoms with E-state index in [1.165, 1.54) is 21.9 Å². The molecule has 1 heterocycles. The van der Waals surface area contributed by atoms with Crippen molar-refractivity contribution in [1.82, 2.24) is 4.98 Å². The molecule has 1 fully saturated rings. The Balaban J connectivity index is 2.04. The first-order valence-electron chi connectivity index (χ1n) is 5.89. The summed E-state index contributed by atoms with van der Waals surface area (Å²) in [4.78, 5) is 6.17. The quantitative estimate of drug-likeness (QED) is 0.760. The molecule has 0 saturated heterocycles. The van der Waals surface area contributed by atoms with Crippen LogP contribution in [-0.2, 0) is 0 Å². The second kappa shape index (κ2) is 4.21. The lowest BCUT2D eigenvalue weighted by molar-refractivity contribution is 0.906. The lowest BCUT2D eigenvalue weighted by atomic mass is 10.1. The topological polar surface area (TPSA) is 12.9 Å². The molecule has 88 valence electrons. The van der Waals surface area contributed by atoms with Crippen LogP contribution in [0.15, 0.2) is 28.7 Å². The van der Waals surface area contributed by atoms with Gasteiger partial charge in [-0.2, -0.15) is 0 Å². The highest BCUT2D eigenvalue weighted by molar-refractivity contribution is 9.10. The normalized spacial score (nSPS) is 22.8. The minimum absolute atomic E-state index is 0.718. The van der Waals surface area contributed by atoms with Gasteiger partial charge in [0, 0.05) is 20.8 Å². The van der Waals surface area contributed by atoms with Crippen molar-refractivity contribution in [2.75, 3.05) is 0 Å². The van der Waals surface area contributed by atoms with E-state index in [2.05, 4.69) is 48.0 Å². The second-order valence-corrected chi connectivity index (χ2v) is 6.85. The van der Waals surface area contributed by atoms with Crippen molar-refractivity contribution in [2.24, 2.45) is 5.92 Å². The third kappa shape index (κ3) is 2.06. The molecular weight excluding hydrogens is 294 g/mol. The van der Waals surface area contributed by atoms with Crippen LogP contribution < -0.4 is 0 Å². The summed E-state index contributed by atoms with van der Waals surface area (Å²) < 4.78 is 1.13. The Labute approximate surface area is 114 Å². The van der Waals surface area contributed by atoms with Crippen molar-refractivity contribution < 1.29 is 0 Å². The van der Waals surface area contributed by atoms with Crippen LogP contribution >= 0.6 is 27.3 Å². The average molecular weight is 308 g/mol. The molecule has 2 aromatic rings. The van der Waals surface area contributed by atoms with Crippen LogP contribution in [0.5, 0.6) is 0 Å². The van der Waals surface area contributed by atoms with Crippen LogP contribution in [0.25, 0.3) is 11.3 Å². The Kier molecular flexibility index (Phi) is 2.83. The van der Waals surface area contributed by atoms with E-state index < -0.39 is 0 Å². The van der Waals surface area contributed by atoms with Crippen LogP contribution in [-0.4, -0.2) is 4.98 Å². The number of aryl methyl sites for hydroxylation is 1. The molecule has 3 rings (SSSR count). The number of nitrogens with zero attached hydrogens (tertiary/aromatic N) is 1. The number of thiazole rings is 1. The number of benzene rings is 1. The number of rotatable bonds is 2. The Morgan fingerprint density at radius 2 is 2.06 bits per heavy atom. The first kappa shape index (κ1) is 11.4. The van der Waals surface area contributed by atoms with Crippen molar-refractivity contribution in [3.8, 4) is 11.3 Å². The summed E-state index contributed by atoms with van der Waals surface area (Å²) in [6.45, 7) is 4.47. The van der Waals surface area contributed by atoms with Crippen LogP contribution in [0.4, 0.5) is 0 Å². The molecule has 0 bridgehead atoms. The summed E-state index contributed by atoms with van der Waals surface area (Å²) in [5.41, 5.74) is 2.36. The molecule has 2 atom stereocenters. The van der Waals surface area contributed by atoms with E-state index in [9.17, 15) is 0 Å². The molecule has 1 aromatic carbocycles. The molecule has 1 aromatic heterocycles. The Hall–Kier alpha value is -0.670. The number of aromatic nitrogens is 1. The number of hydrogen-bond acceptors (Lipinski definition) is 2. The van der Waals surface area contributed by atoms with Crippen molar-refractivity contribution in [3.63, 3.8) is 0 Å². The van der Waals surface area contributed by atoms with E-state index >= 15 is 0 Å². The van der Waals surface area contributed by atoms with E-state index in [0.29, 0.717) is 0 Å². The zero-order chi connectivity index (χ0) is 12.0. The summed E-state index contributed by atoms with van der Waals surface area (Å²) in [5.74, 6) is 1.54. The smallest absolute Gasteiger partial charge is 0.0969 e. The lowest BCUT2D eigenvalue weighted by Crippen LogP contribution is -1.84. The van der Waals surface area contributed by atoms with Crippen LogP contribution in [0, 0.1) is 12.8 Å². The minimum atomic E-state index is 0.718. The molecule has 2 unspecified atom stereocenters. The van der Waals surface area contributed by atoms with Gasteiger partial charge in [-0.05, 0) is 25.3 Å². The molecule has 1 saturated carbocycles. The van der Waals surface area contributed by atoms with E-state index in [1.807, 2.05) is 17.4 Å². The van der Waals surface area contributed by atoms with Gasteiger partial charge in [-0.15, -0.1) is 11.3 Å². The van der Waals surface area contributed by atoms with Crippen molar-refractivity contribution in [2.45, 2.75) is 26.2 Å². The Bertz CT molecular complexity index is 561. The summed E-state index contributed by atoms with van der Waals surface area (Å²) in [5, 5.41) is 1.32. The molecule has 0 radical (unpaired) electrons. The number of halogens is 1. The van der Waals surface area contributed by atoms with Gasteiger partial charge in [0.25, 0.3) is 0 Å². The zero-order valence-corrected chi connectivity index (χ0v) is 12.3. The molecule has 1 aliphatic rings. The van der Waals surface area contributed by atoms with Gasteiger partial charge in [-0.3, -0.25) is 0 Å². The van der Waals surface area contributed by atoms with Crippen molar-refractivity contribution >= 4 is 27.3 Å². The van der Waals surface area contributed by atoms with Crippen molar-refractivity contribution in [1.29, 1.82) is 0 Å². The first-order chi connectivity index (χ1) is 8.16. The maximum Gasteiger partial charge on any atom is 0.0969 e. The Morgan fingerprint density at radius 3 is 2.71 bits per heavy atom. The molecule has 0 amide bonds. The predicted molar refractivity (Wildman–Crippen MR) is 76.5 cm³/mol. The van der Waals surface area contributed by atoms with E-state index in [0.717, 1.165) is 22.0 Å². The van der Waals surface area contributed by atoms with Gasteiger partial charge in [0.05, 0.1) is 10.7 Å². The largest absolute Gasteiger partial charge is 0.241 e. The van der Waals surface area contributed by atoms with Gasteiger partial charge in [0.2, 0.25) is 0 Å². The lowest BCUT2D eigenvalue weighted by Gasteiger charge is -2.01.